The molecule has 0 aliphatic rings. The first-order valence-electron chi connectivity index (χ1n) is 7.37. The van der Waals surface area contributed by atoms with Gasteiger partial charge in [0.1, 0.15) is 0 Å². The van der Waals surface area contributed by atoms with Crippen LogP contribution in [0, 0.1) is 5.41 Å². The normalized spacial score (nSPS) is 11.2. The zero-order valence-corrected chi connectivity index (χ0v) is 13.9. The summed E-state index contributed by atoms with van der Waals surface area (Å²) in [6.45, 7) is 2.11. The zero-order valence-electron chi connectivity index (χ0n) is 13.1. The van der Waals surface area contributed by atoms with E-state index in [1.807, 2.05) is 30.3 Å². The van der Waals surface area contributed by atoms with Crippen molar-refractivity contribution in [3.63, 3.8) is 0 Å². The summed E-state index contributed by atoms with van der Waals surface area (Å²) in [6.07, 6.45) is 1.57. The largest absolute Gasteiger partial charge is 0.370 e. The third-order valence-corrected chi connectivity index (χ3v) is 3.65. The smallest absolute Gasteiger partial charge is 0.234 e. The highest BCUT2D eigenvalue weighted by Crippen LogP contribution is 2.21. The van der Waals surface area contributed by atoms with Crippen molar-refractivity contribution >= 4 is 24.3 Å². The molecule has 2 aromatic carbocycles. The zero-order chi connectivity index (χ0) is 15.9. The summed E-state index contributed by atoms with van der Waals surface area (Å²) < 4.78 is 0. The molecule has 2 aromatic rings. The molecule has 1 unspecified atom stereocenters. The highest BCUT2D eigenvalue weighted by molar-refractivity contribution is 5.98. The Labute approximate surface area is 143 Å². The minimum absolute atomic E-state index is 0. The Kier molecular flexibility index (Phi) is 7.29. The van der Waals surface area contributed by atoms with Crippen LogP contribution in [0.1, 0.15) is 29.5 Å². The molecule has 0 spiro atoms. The Morgan fingerprint density at radius 3 is 2.17 bits per heavy atom. The average Bonchev–Trinajstić information content (AvgIpc) is 2.53. The van der Waals surface area contributed by atoms with Gasteiger partial charge in [-0.3, -0.25) is 15.5 Å². The maximum Gasteiger partial charge on any atom is 0.234 e. The Balaban J connectivity index is 0.00000264. The molecule has 0 fully saturated rings. The quantitative estimate of drug-likeness (QED) is 0.581. The number of benzene rings is 2. The van der Waals surface area contributed by atoms with E-state index in [9.17, 15) is 4.79 Å². The van der Waals surface area contributed by atoms with Gasteiger partial charge in [-0.05, 0) is 29.5 Å². The maximum absolute atomic E-state index is 12.3. The molecule has 0 radical (unpaired) electrons. The third kappa shape index (κ3) is 5.42. The molecule has 0 saturated heterocycles. The van der Waals surface area contributed by atoms with Crippen molar-refractivity contribution in [2.24, 2.45) is 5.73 Å². The molecule has 4 N–H and O–H groups in total. The minimum Gasteiger partial charge on any atom is -0.370 e. The monoisotopic (exact) mass is 331 g/mol. The van der Waals surface area contributed by atoms with E-state index in [2.05, 4.69) is 36.5 Å². The van der Waals surface area contributed by atoms with Gasteiger partial charge in [0, 0.05) is 0 Å². The van der Waals surface area contributed by atoms with E-state index in [0.29, 0.717) is 6.42 Å². The molecule has 23 heavy (non-hydrogen) atoms. The number of carbonyl (C=O) groups is 1. The van der Waals surface area contributed by atoms with Gasteiger partial charge in [-0.1, -0.05) is 61.5 Å². The fraction of sp³-hybridized carbons (Fsp3) is 0.222. The van der Waals surface area contributed by atoms with Crippen molar-refractivity contribution in [2.75, 3.05) is 0 Å². The van der Waals surface area contributed by atoms with Crippen LogP contribution in [0.25, 0.3) is 0 Å². The second-order valence-electron chi connectivity index (χ2n) is 5.24. The predicted octanol–water partition coefficient (Wildman–Crippen LogP) is 3.01. The van der Waals surface area contributed by atoms with Crippen molar-refractivity contribution < 1.29 is 4.79 Å². The predicted molar refractivity (Wildman–Crippen MR) is 96.0 cm³/mol. The summed E-state index contributed by atoms with van der Waals surface area (Å²) in [5.41, 5.74) is 8.57. The van der Waals surface area contributed by atoms with Crippen LogP contribution in [0.4, 0.5) is 0 Å². The lowest BCUT2D eigenvalue weighted by atomic mass is 9.91. The number of hydrogen-bond acceptors (Lipinski definition) is 2. The average molecular weight is 332 g/mol. The van der Waals surface area contributed by atoms with Crippen LogP contribution in [0.5, 0.6) is 0 Å². The van der Waals surface area contributed by atoms with Crippen LogP contribution in [0.2, 0.25) is 0 Å². The number of aryl methyl sites for hydroxylation is 1. The Morgan fingerprint density at radius 1 is 1.09 bits per heavy atom. The lowest BCUT2D eigenvalue weighted by molar-refractivity contribution is -0.121. The summed E-state index contributed by atoms with van der Waals surface area (Å²) >= 11 is 0. The van der Waals surface area contributed by atoms with E-state index >= 15 is 0 Å². The molecular weight excluding hydrogens is 310 g/mol. The van der Waals surface area contributed by atoms with E-state index in [1.165, 1.54) is 5.56 Å². The van der Waals surface area contributed by atoms with Gasteiger partial charge < -0.3 is 5.73 Å². The topological polar surface area (TPSA) is 79.0 Å². The van der Waals surface area contributed by atoms with Gasteiger partial charge in [-0.25, -0.2) is 0 Å². The number of nitrogens with two attached hydrogens (primary N) is 1. The van der Waals surface area contributed by atoms with Crippen molar-refractivity contribution in [2.45, 2.75) is 25.7 Å². The number of amides is 1. The van der Waals surface area contributed by atoms with E-state index in [-0.39, 0.29) is 30.2 Å². The standard InChI is InChI=1S/C18H21N3O.ClH/c1-2-13-8-10-14(11-9-13)12-16(17(22)21-18(19)20)15-6-4-3-5-7-15;/h3-11,16H,2,12H2,1H3,(H4,19,20,21,22);1H. The van der Waals surface area contributed by atoms with Crippen LogP contribution < -0.4 is 11.1 Å². The third-order valence-electron chi connectivity index (χ3n) is 3.65. The lowest BCUT2D eigenvalue weighted by Crippen LogP contribution is -2.39. The molecule has 0 bridgehead atoms. The molecule has 122 valence electrons. The van der Waals surface area contributed by atoms with Gasteiger partial charge in [0.25, 0.3) is 0 Å². The Bertz CT molecular complexity index is 641. The molecule has 0 heterocycles. The fourth-order valence-electron chi connectivity index (χ4n) is 2.41. The number of nitrogens with one attached hydrogen (secondary N) is 2. The number of halogens is 1. The van der Waals surface area contributed by atoms with E-state index in [4.69, 9.17) is 11.1 Å². The van der Waals surface area contributed by atoms with Crippen molar-refractivity contribution in [1.29, 1.82) is 5.41 Å². The molecule has 0 saturated carbocycles. The molecule has 4 nitrogen and oxygen atoms in total. The number of guanidine groups is 1. The van der Waals surface area contributed by atoms with E-state index in [1.54, 1.807) is 0 Å². The summed E-state index contributed by atoms with van der Waals surface area (Å²) in [7, 11) is 0. The first-order valence-corrected chi connectivity index (χ1v) is 7.37. The van der Waals surface area contributed by atoms with Gasteiger partial charge >= 0.3 is 0 Å². The van der Waals surface area contributed by atoms with Gasteiger partial charge in [-0.15, -0.1) is 12.4 Å². The Hall–Kier alpha value is -2.33. The highest BCUT2D eigenvalue weighted by atomic mass is 35.5. The van der Waals surface area contributed by atoms with Crippen LogP contribution in [-0.4, -0.2) is 11.9 Å². The van der Waals surface area contributed by atoms with Crippen LogP contribution >= 0.6 is 12.4 Å². The molecular formula is C18H22ClN3O. The number of rotatable bonds is 5. The summed E-state index contributed by atoms with van der Waals surface area (Å²) in [5, 5.41) is 9.67. The number of carbonyl (C=O) groups excluding carboxylic acids is 1. The molecule has 0 aliphatic carbocycles. The Morgan fingerprint density at radius 2 is 1.65 bits per heavy atom. The molecule has 0 aliphatic heterocycles. The second-order valence-corrected chi connectivity index (χ2v) is 5.24. The first kappa shape index (κ1) is 18.7. The van der Waals surface area contributed by atoms with Crippen molar-refractivity contribution in [3.05, 3.63) is 71.3 Å². The molecule has 1 atom stereocenters. The second kappa shape index (κ2) is 8.96. The minimum atomic E-state index is -0.363. The van der Waals surface area contributed by atoms with Gasteiger partial charge in [0.05, 0.1) is 5.92 Å². The summed E-state index contributed by atoms with van der Waals surface area (Å²) in [5.74, 6) is -0.942. The van der Waals surface area contributed by atoms with Crippen LogP contribution in [0.3, 0.4) is 0 Å². The van der Waals surface area contributed by atoms with Crippen molar-refractivity contribution in [1.82, 2.24) is 5.32 Å². The van der Waals surface area contributed by atoms with E-state index < -0.39 is 0 Å². The highest BCUT2D eigenvalue weighted by Gasteiger charge is 2.21. The lowest BCUT2D eigenvalue weighted by Gasteiger charge is -2.17. The SMILES string of the molecule is CCc1ccc(CC(C(=O)NC(=N)N)c2ccccc2)cc1.Cl. The van der Waals surface area contributed by atoms with E-state index in [0.717, 1.165) is 17.5 Å². The molecule has 2 rings (SSSR count). The van der Waals surface area contributed by atoms with Gasteiger partial charge in [0.15, 0.2) is 5.96 Å². The number of hydrogen-bond donors (Lipinski definition) is 3. The van der Waals surface area contributed by atoms with Crippen molar-refractivity contribution in [3.8, 4) is 0 Å². The van der Waals surface area contributed by atoms with Crippen LogP contribution in [-0.2, 0) is 17.6 Å². The maximum atomic E-state index is 12.3. The fourth-order valence-corrected chi connectivity index (χ4v) is 2.41. The van der Waals surface area contributed by atoms with Crippen LogP contribution in [0.15, 0.2) is 54.6 Å². The molecule has 0 aromatic heterocycles. The van der Waals surface area contributed by atoms with Gasteiger partial charge in [0.2, 0.25) is 5.91 Å². The first-order chi connectivity index (χ1) is 10.6. The summed E-state index contributed by atoms with van der Waals surface area (Å²) in [4.78, 5) is 12.3. The van der Waals surface area contributed by atoms with Gasteiger partial charge in [-0.2, -0.15) is 0 Å². The molecule has 5 heteroatoms. The summed E-state index contributed by atoms with van der Waals surface area (Å²) in [6, 6.07) is 17.8. The molecule has 1 amide bonds.